The molecule has 15 heavy (non-hydrogen) atoms. The van der Waals surface area contributed by atoms with Crippen molar-refractivity contribution < 1.29 is 40.4 Å². The minimum absolute atomic E-state index is 0. The van der Waals surface area contributed by atoms with Crippen LogP contribution < -0.4 is 0 Å². The Labute approximate surface area is 104 Å². The molecule has 0 spiro atoms. The second-order valence-electron chi connectivity index (χ2n) is 2.08. The quantitative estimate of drug-likeness (QED) is 0.395. The molecule has 0 saturated carbocycles. The number of aliphatic hydroxyl groups excluding tert-OH is 1. The fourth-order valence-electron chi connectivity index (χ4n) is 0.408. The summed E-state index contributed by atoms with van der Waals surface area (Å²) in [5, 5.41) is 2.23. The van der Waals surface area contributed by atoms with Gasteiger partial charge in [-0.1, -0.05) is 0 Å². The Balaban J connectivity index is 0. The summed E-state index contributed by atoms with van der Waals surface area (Å²) in [6.45, 7) is -2.20. The van der Waals surface area contributed by atoms with Crippen molar-refractivity contribution in [2.75, 3.05) is 13.2 Å². The molecule has 11 heteroatoms. The summed E-state index contributed by atoms with van der Waals surface area (Å²) < 4.78 is 79.6. The van der Waals surface area contributed by atoms with Gasteiger partial charge in [-0.3, -0.25) is 4.55 Å². The number of hydrogen-bond acceptors (Lipinski definition) is 4. The molecule has 0 aliphatic rings. The standard InChI is InChI=1S/C4H6F4O5S.Na.H/c5-3(6,13-2-1-9)4(7,8)14(10,11)12;;/h9H,1-2H2,(H,10,11,12);;. The Morgan fingerprint density at radius 3 is 1.87 bits per heavy atom. The Hall–Kier alpha value is 0.550. The molecule has 0 aliphatic carbocycles. The van der Waals surface area contributed by atoms with Crippen LogP contribution in [0.25, 0.3) is 0 Å². The predicted octanol–water partition coefficient (Wildman–Crippen LogP) is -0.580. The van der Waals surface area contributed by atoms with Crippen LogP contribution in [-0.4, -0.2) is 72.2 Å². The van der Waals surface area contributed by atoms with Gasteiger partial charge in [0.05, 0.1) is 13.2 Å². The molecule has 2 N–H and O–H groups in total. The van der Waals surface area contributed by atoms with E-state index in [0.717, 1.165) is 0 Å². The maximum absolute atomic E-state index is 12.3. The molecule has 0 unspecified atom stereocenters. The normalized spacial score (nSPS) is 13.5. The predicted molar refractivity (Wildman–Crippen MR) is 41.6 cm³/mol. The van der Waals surface area contributed by atoms with Gasteiger partial charge in [-0.2, -0.15) is 26.0 Å². The average molecular weight is 266 g/mol. The van der Waals surface area contributed by atoms with E-state index >= 15 is 0 Å². The fourth-order valence-corrected chi connectivity index (χ4v) is 0.767. The van der Waals surface area contributed by atoms with E-state index in [1.807, 2.05) is 0 Å². The molecule has 0 amide bonds. The van der Waals surface area contributed by atoms with Crippen LogP contribution >= 0.6 is 0 Å². The molecular weight excluding hydrogens is 259 g/mol. The SMILES string of the molecule is O=S(=O)(O)C(F)(F)C(F)(F)OCCO.[NaH]. The third-order valence-corrected chi connectivity index (χ3v) is 1.92. The molecule has 0 aliphatic heterocycles. The van der Waals surface area contributed by atoms with Crippen LogP contribution in [0.5, 0.6) is 0 Å². The molecule has 0 aromatic carbocycles. The van der Waals surface area contributed by atoms with Gasteiger partial charge in [0.2, 0.25) is 0 Å². The Bertz CT molecular complexity index is 291. The molecule has 0 aromatic heterocycles. The van der Waals surface area contributed by atoms with Crippen molar-refractivity contribution >= 4 is 39.7 Å². The summed E-state index contributed by atoms with van der Waals surface area (Å²) in [5.74, 6) is 0. The zero-order valence-electron chi connectivity index (χ0n) is 6.45. The van der Waals surface area contributed by atoms with Gasteiger partial charge in [-0.15, -0.1) is 0 Å². The number of ether oxygens (including phenoxy) is 1. The van der Waals surface area contributed by atoms with Gasteiger partial charge in [-0.25, -0.2) is 0 Å². The molecule has 88 valence electrons. The van der Waals surface area contributed by atoms with Crippen molar-refractivity contribution in [2.45, 2.75) is 11.4 Å². The Morgan fingerprint density at radius 2 is 1.60 bits per heavy atom. The van der Waals surface area contributed by atoms with Crippen LogP contribution in [0.4, 0.5) is 17.6 Å². The van der Waals surface area contributed by atoms with E-state index in [9.17, 15) is 26.0 Å². The van der Waals surface area contributed by atoms with E-state index < -0.39 is 34.7 Å². The summed E-state index contributed by atoms with van der Waals surface area (Å²) in [4.78, 5) is 0. The molecule has 0 aromatic rings. The average Bonchev–Trinajstić information content (AvgIpc) is 1.98. The van der Waals surface area contributed by atoms with E-state index in [4.69, 9.17) is 9.66 Å². The monoisotopic (exact) mass is 266 g/mol. The van der Waals surface area contributed by atoms with Gasteiger partial charge in [0.1, 0.15) is 0 Å². The first-order valence-electron chi connectivity index (χ1n) is 3.03. The third kappa shape index (κ3) is 4.13. The van der Waals surface area contributed by atoms with Gasteiger partial charge in [0, 0.05) is 0 Å². The zero-order valence-corrected chi connectivity index (χ0v) is 7.27. The van der Waals surface area contributed by atoms with Gasteiger partial charge >= 0.3 is 51.0 Å². The van der Waals surface area contributed by atoms with Gasteiger partial charge < -0.3 is 9.84 Å². The number of aliphatic hydroxyl groups is 1. The van der Waals surface area contributed by atoms with Gasteiger partial charge in [0.25, 0.3) is 0 Å². The first kappa shape index (κ1) is 17.9. The number of halogens is 4. The van der Waals surface area contributed by atoms with E-state index in [2.05, 4.69) is 4.74 Å². The molecule has 0 bridgehead atoms. The molecule has 0 fully saturated rings. The second kappa shape index (κ2) is 5.75. The third-order valence-electron chi connectivity index (χ3n) is 1.04. The number of rotatable bonds is 5. The zero-order chi connectivity index (χ0) is 11.6. The number of hydrogen-bond donors (Lipinski definition) is 2. The second-order valence-corrected chi connectivity index (χ2v) is 3.54. The molecule has 0 heterocycles. The van der Waals surface area contributed by atoms with Crippen molar-refractivity contribution in [1.82, 2.24) is 0 Å². The van der Waals surface area contributed by atoms with Crippen molar-refractivity contribution in [3.63, 3.8) is 0 Å². The van der Waals surface area contributed by atoms with Gasteiger partial charge in [-0.05, 0) is 0 Å². The summed E-state index contributed by atoms with van der Waals surface area (Å²) >= 11 is 0. The summed E-state index contributed by atoms with van der Waals surface area (Å²) in [6.07, 6.45) is -5.40. The van der Waals surface area contributed by atoms with Crippen molar-refractivity contribution in [3.8, 4) is 0 Å². The summed E-state index contributed by atoms with van der Waals surface area (Å²) in [7, 11) is -6.28. The van der Waals surface area contributed by atoms with E-state index in [1.165, 1.54) is 0 Å². The van der Waals surface area contributed by atoms with E-state index in [-0.39, 0.29) is 29.6 Å². The van der Waals surface area contributed by atoms with Gasteiger partial charge in [0.15, 0.2) is 0 Å². The molecular formula is C4H7F4NaO5S. The van der Waals surface area contributed by atoms with Crippen molar-refractivity contribution in [3.05, 3.63) is 0 Å². The molecule has 0 rings (SSSR count). The Kier molecular flexibility index (Phi) is 6.88. The first-order valence-corrected chi connectivity index (χ1v) is 4.48. The van der Waals surface area contributed by atoms with Crippen LogP contribution in [-0.2, 0) is 14.9 Å². The molecule has 0 saturated heterocycles. The fraction of sp³-hybridized carbons (Fsp3) is 1.00. The molecule has 0 radical (unpaired) electrons. The topological polar surface area (TPSA) is 83.8 Å². The van der Waals surface area contributed by atoms with E-state index in [1.54, 1.807) is 0 Å². The van der Waals surface area contributed by atoms with Crippen LogP contribution in [0, 0.1) is 0 Å². The van der Waals surface area contributed by atoms with E-state index in [0.29, 0.717) is 0 Å². The summed E-state index contributed by atoms with van der Waals surface area (Å²) in [5.41, 5.74) is 0. The number of alkyl halides is 4. The van der Waals surface area contributed by atoms with Crippen LogP contribution in [0.1, 0.15) is 0 Å². The van der Waals surface area contributed by atoms with Crippen LogP contribution in [0.3, 0.4) is 0 Å². The molecule has 0 atom stereocenters. The minimum atomic E-state index is -6.28. The van der Waals surface area contributed by atoms with Crippen molar-refractivity contribution in [2.24, 2.45) is 0 Å². The van der Waals surface area contributed by atoms with Crippen molar-refractivity contribution in [1.29, 1.82) is 0 Å². The maximum atomic E-state index is 12.3. The summed E-state index contributed by atoms with van der Waals surface area (Å²) in [6, 6.07) is 0. The molecule has 5 nitrogen and oxygen atoms in total. The Morgan fingerprint density at radius 1 is 1.20 bits per heavy atom. The van der Waals surface area contributed by atoms with Crippen LogP contribution in [0.15, 0.2) is 0 Å². The first-order chi connectivity index (χ1) is 6.06. The van der Waals surface area contributed by atoms with Crippen LogP contribution in [0.2, 0.25) is 0 Å².